The molecule has 2 atom stereocenters. The quantitative estimate of drug-likeness (QED) is 0.546. The Kier molecular flexibility index (Phi) is 7.61. The first kappa shape index (κ1) is 21.5. The first-order valence-electron chi connectivity index (χ1n) is 9.47. The smallest absolute Gasteiger partial charge is 0.308 e. The van der Waals surface area contributed by atoms with Crippen LogP contribution in [0.2, 0.25) is 0 Å². The van der Waals surface area contributed by atoms with Crippen LogP contribution in [-0.4, -0.2) is 54.5 Å². The average molecular weight is 388 g/mol. The Balaban J connectivity index is 2.20. The second-order valence-electron chi connectivity index (χ2n) is 6.96. The van der Waals surface area contributed by atoms with Gasteiger partial charge in [0.25, 0.3) is 5.91 Å². The fourth-order valence-corrected chi connectivity index (χ4v) is 2.80. The highest BCUT2D eigenvalue weighted by atomic mass is 16.5. The number of para-hydroxylation sites is 1. The minimum atomic E-state index is -0.910. The number of hydrogen-bond donors (Lipinski definition) is 1. The van der Waals surface area contributed by atoms with Gasteiger partial charge in [-0.2, -0.15) is 0 Å². The average Bonchev–Trinajstić information content (AvgIpc) is 2.67. The van der Waals surface area contributed by atoms with Crippen molar-refractivity contribution in [2.45, 2.75) is 45.8 Å². The van der Waals surface area contributed by atoms with E-state index >= 15 is 0 Å². The van der Waals surface area contributed by atoms with E-state index in [1.54, 1.807) is 31.2 Å². The van der Waals surface area contributed by atoms with E-state index < -0.39 is 12.0 Å². The van der Waals surface area contributed by atoms with Crippen LogP contribution in [0.1, 0.15) is 44.0 Å². The topological polar surface area (TPSA) is 84.9 Å². The van der Waals surface area contributed by atoms with Crippen molar-refractivity contribution in [1.82, 2.24) is 10.2 Å². The van der Waals surface area contributed by atoms with Crippen LogP contribution in [0.3, 0.4) is 0 Å². The van der Waals surface area contributed by atoms with Gasteiger partial charge in [0, 0.05) is 13.1 Å². The SMILES string of the molecule is C=C(C)COc1ccccc1C(=O)N1CCNC(=O)C1CC(=O)OC(C)CC. The number of hydrogen-bond acceptors (Lipinski definition) is 5. The molecule has 1 heterocycles. The zero-order chi connectivity index (χ0) is 20.7. The van der Waals surface area contributed by atoms with Gasteiger partial charge < -0.3 is 19.7 Å². The van der Waals surface area contributed by atoms with Crippen molar-refractivity contribution in [3.05, 3.63) is 42.0 Å². The highest BCUT2D eigenvalue weighted by Gasteiger charge is 2.36. The van der Waals surface area contributed by atoms with Gasteiger partial charge in [0.1, 0.15) is 18.4 Å². The zero-order valence-electron chi connectivity index (χ0n) is 16.7. The van der Waals surface area contributed by atoms with Crippen LogP contribution >= 0.6 is 0 Å². The fourth-order valence-electron chi connectivity index (χ4n) is 2.80. The van der Waals surface area contributed by atoms with Gasteiger partial charge in [-0.05, 0) is 38.0 Å². The van der Waals surface area contributed by atoms with Crippen LogP contribution < -0.4 is 10.1 Å². The number of carbonyl (C=O) groups excluding carboxylic acids is 3. The molecule has 0 radical (unpaired) electrons. The molecule has 0 spiro atoms. The fraction of sp³-hybridized carbons (Fsp3) is 0.476. The molecule has 1 N–H and O–H groups in total. The number of rotatable bonds is 8. The summed E-state index contributed by atoms with van der Waals surface area (Å²) in [6, 6.07) is 5.95. The molecule has 1 aromatic rings. The summed E-state index contributed by atoms with van der Waals surface area (Å²) in [5, 5.41) is 2.71. The Bertz CT molecular complexity index is 746. The standard InChI is InChI=1S/C21H28N2O5/c1-5-15(4)28-19(24)12-17-20(25)22-10-11-23(17)21(26)16-8-6-7-9-18(16)27-13-14(2)3/h6-9,15,17H,2,5,10-13H2,1,3-4H3,(H,22,25). The van der Waals surface area contributed by atoms with E-state index in [1.807, 2.05) is 13.8 Å². The maximum absolute atomic E-state index is 13.2. The van der Waals surface area contributed by atoms with E-state index in [0.29, 0.717) is 30.8 Å². The van der Waals surface area contributed by atoms with Crippen LogP contribution in [0.5, 0.6) is 5.75 Å². The normalized spacial score (nSPS) is 17.5. The van der Waals surface area contributed by atoms with Crippen molar-refractivity contribution in [3.8, 4) is 5.75 Å². The van der Waals surface area contributed by atoms with E-state index in [0.717, 1.165) is 5.57 Å². The van der Waals surface area contributed by atoms with Gasteiger partial charge in [-0.1, -0.05) is 25.6 Å². The second kappa shape index (κ2) is 9.92. The molecule has 28 heavy (non-hydrogen) atoms. The molecule has 7 nitrogen and oxygen atoms in total. The summed E-state index contributed by atoms with van der Waals surface area (Å²) in [4.78, 5) is 39.2. The monoisotopic (exact) mass is 388 g/mol. The van der Waals surface area contributed by atoms with E-state index in [2.05, 4.69) is 11.9 Å². The van der Waals surface area contributed by atoms with Crippen molar-refractivity contribution in [3.63, 3.8) is 0 Å². The lowest BCUT2D eigenvalue weighted by molar-refractivity contribution is -0.151. The second-order valence-corrected chi connectivity index (χ2v) is 6.96. The lowest BCUT2D eigenvalue weighted by Gasteiger charge is -2.35. The van der Waals surface area contributed by atoms with Crippen molar-refractivity contribution in [2.24, 2.45) is 0 Å². The Labute approximate surface area is 165 Å². The Morgan fingerprint density at radius 2 is 2.07 bits per heavy atom. The molecule has 2 amide bonds. The third kappa shape index (κ3) is 5.58. The number of nitrogens with zero attached hydrogens (tertiary/aromatic N) is 1. The van der Waals surface area contributed by atoms with Gasteiger partial charge in [0.05, 0.1) is 18.1 Å². The van der Waals surface area contributed by atoms with Crippen LogP contribution in [0.4, 0.5) is 0 Å². The predicted molar refractivity (Wildman–Crippen MR) is 105 cm³/mol. The summed E-state index contributed by atoms with van der Waals surface area (Å²) in [6.07, 6.45) is 0.259. The van der Waals surface area contributed by atoms with Gasteiger partial charge in [-0.3, -0.25) is 14.4 Å². The van der Waals surface area contributed by atoms with Gasteiger partial charge in [0.15, 0.2) is 0 Å². The summed E-state index contributed by atoms with van der Waals surface area (Å²) < 4.78 is 11.0. The summed E-state index contributed by atoms with van der Waals surface area (Å²) in [5.74, 6) is -0.794. The summed E-state index contributed by atoms with van der Waals surface area (Å²) in [7, 11) is 0. The largest absolute Gasteiger partial charge is 0.488 e. The molecule has 1 fully saturated rings. The lowest BCUT2D eigenvalue weighted by atomic mass is 10.1. The van der Waals surface area contributed by atoms with Gasteiger partial charge >= 0.3 is 5.97 Å². The van der Waals surface area contributed by atoms with Crippen LogP contribution in [0.25, 0.3) is 0 Å². The Hall–Kier alpha value is -2.83. The summed E-state index contributed by atoms with van der Waals surface area (Å²) in [6.45, 7) is 10.2. The third-order valence-corrected chi connectivity index (χ3v) is 4.45. The number of piperazine rings is 1. The number of ether oxygens (including phenoxy) is 2. The maximum Gasteiger partial charge on any atom is 0.308 e. The van der Waals surface area contributed by atoms with Crippen LogP contribution in [0.15, 0.2) is 36.4 Å². The van der Waals surface area contributed by atoms with Crippen molar-refractivity contribution in [2.75, 3.05) is 19.7 Å². The lowest BCUT2D eigenvalue weighted by Crippen LogP contribution is -2.58. The van der Waals surface area contributed by atoms with Crippen molar-refractivity contribution >= 4 is 17.8 Å². The van der Waals surface area contributed by atoms with Crippen LogP contribution in [0, 0.1) is 0 Å². The Morgan fingerprint density at radius 1 is 1.36 bits per heavy atom. The molecule has 152 valence electrons. The minimum Gasteiger partial charge on any atom is -0.488 e. The zero-order valence-corrected chi connectivity index (χ0v) is 16.7. The molecule has 2 rings (SSSR count). The number of esters is 1. The van der Waals surface area contributed by atoms with Gasteiger partial charge in [-0.15, -0.1) is 0 Å². The first-order valence-corrected chi connectivity index (χ1v) is 9.47. The summed E-state index contributed by atoms with van der Waals surface area (Å²) >= 11 is 0. The Morgan fingerprint density at radius 3 is 2.75 bits per heavy atom. The number of carbonyl (C=O) groups is 3. The van der Waals surface area contributed by atoms with E-state index in [1.165, 1.54) is 4.90 Å². The number of amides is 2. The highest BCUT2D eigenvalue weighted by Crippen LogP contribution is 2.23. The number of nitrogens with one attached hydrogen (secondary N) is 1. The molecule has 1 aliphatic heterocycles. The predicted octanol–water partition coefficient (Wildman–Crippen LogP) is 2.31. The molecule has 2 unspecified atom stereocenters. The maximum atomic E-state index is 13.2. The molecule has 1 aromatic carbocycles. The minimum absolute atomic E-state index is 0.184. The molecular formula is C21H28N2O5. The van der Waals surface area contributed by atoms with E-state index in [-0.39, 0.29) is 30.9 Å². The van der Waals surface area contributed by atoms with Crippen LogP contribution in [-0.2, 0) is 14.3 Å². The molecule has 1 saturated heterocycles. The molecule has 1 aliphatic rings. The first-order chi connectivity index (χ1) is 13.3. The van der Waals surface area contributed by atoms with Crippen molar-refractivity contribution < 1.29 is 23.9 Å². The molecular weight excluding hydrogens is 360 g/mol. The van der Waals surface area contributed by atoms with Crippen molar-refractivity contribution in [1.29, 1.82) is 0 Å². The van der Waals surface area contributed by atoms with Gasteiger partial charge in [0.2, 0.25) is 5.91 Å². The molecule has 0 aliphatic carbocycles. The molecule has 0 aromatic heterocycles. The highest BCUT2D eigenvalue weighted by molar-refractivity contribution is 6.01. The third-order valence-electron chi connectivity index (χ3n) is 4.45. The van der Waals surface area contributed by atoms with E-state index in [4.69, 9.17) is 9.47 Å². The molecule has 7 heteroatoms. The van der Waals surface area contributed by atoms with Gasteiger partial charge in [-0.25, -0.2) is 0 Å². The molecule has 0 saturated carbocycles. The molecule has 0 bridgehead atoms. The van der Waals surface area contributed by atoms with E-state index in [9.17, 15) is 14.4 Å². The summed E-state index contributed by atoms with van der Waals surface area (Å²) in [5.41, 5.74) is 1.17. The number of benzene rings is 1.